The molecule has 1 amide bonds. The summed E-state index contributed by atoms with van der Waals surface area (Å²) in [6.07, 6.45) is -5.06. The van der Waals surface area contributed by atoms with Crippen molar-refractivity contribution in [3.63, 3.8) is 0 Å². The first kappa shape index (κ1) is 20.5. The van der Waals surface area contributed by atoms with Crippen molar-refractivity contribution < 1.29 is 41.7 Å². The van der Waals surface area contributed by atoms with Crippen molar-refractivity contribution in [3.05, 3.63) is 34.8 Å². The Bertz CT molecular complexity index is 792. The first-order valence-electron chi connectivity index (χ1n) is 7.62. The molecule has 1 heterocycles. The fourth-order valence-electron chi connectivity index (χ4n) is 2.48. The van der Waals surface area contributed by atoms with Gasteiger partial charge in [0.1, 0.15) is 5.70 Å². The summed E-state index contributed by atoms with van der Waals surface area (Å²) in [7, 11) is 1.11. The van der Waals surface area contributed by atoms with Gasteiger partial charge < -0.3 is 24.8 Å². The van der Waals surface area contributed by atoms with E-state index in [0.717, 1.165) is 19.2 Å². The number of benzene rings is 1. The van der Waals surface area contributed by atoms with Gasteiger partial charge in [-0.2, -0.15) is 0 Å². The van der Waals surface area contributed by atoms with Crippen LogP contribution in [0.3, 0.4) is 0 Å². The molecule has 0 atom stereocenters. The second kappa shape index (κ2) is 7.82. The van der Waals surface area contributed by atoms with Crippen LogP contribution in [0.25, 0.3) is 0 Å². The van der Waals surface area contributed by atoms with Gasteiger partial charge >= 0.3 is 12.3 Å². The maximum atomic E-state index is 13.9. The number of alkyl halides is 3. The molecule has 0 unspecified atom stereocenters. The number of anilines is 1. The number of carbonyl (C=O) groups is 2. The van der Waals surface area contributed by atoms with Crippen LogP contribution in [0.2, 0.25) is 0 Å². The quantitative estimate of drug-likeness (QED) is 0.566. The van der Waals surface area contributed by atoms with Crippen LogP contribution in [-0.4, -0.2) is 55.1 Å². The van der Waals surface area contributed by atoms with Crippen LogP contribution in [0.5, 0.6) is 5.75 Å². The zero-order valence-corrected chi connectivity index (χ0v) is 14.3. The Labute approximate surface area is 151 Å². The minimum absolute atomic E-state index is 0.0300. The van der Waals surface area contributed by atoms with Gasteiger partial charge in [0.25, 0.3) is 5.91 Å². The lowest BCUT2D eigenvalue weighted by molar-refractivity contribution is -0.275. The maximum Gasteiger partial charge on any atom is 0.573 e. The first-order chi connectivity index (χ1) is 12.6. The molecule has 0 saturated carbocycles. The van der Waals surface area contributed by atoms with E-state index in [2.05, 4.69) is 14.8 Å². The number of amides is 1. The number of aliphatic hydroxyl groups excluding tert-OH is 1. The Morgan fingerprint density at radius 3 is 2.59 bits per heavy atom. The molecule has 27 heavy (non-hydrogen) atoms. The minimum atomic E-state index is -5.06. The van der Waals surface area contributed by atoms with E-state index in [0.29, 0.717) is 0 Å². The molecule has 0 aliphatic carbocycles. The highest BCUT2D eigenvalue weighted by Gasteiger charge is 2.35. The van der Waals surface area contributed by atoms with Crippen molar-refractivity contribution in [1.82, 2.24) is 4.90 Å². The lowest BCUT2D eigenvalue weighted by atomic mass is 10.1. The van der Waals surface area contributed by atoms with E-state index in [1.807, 2.05) is 0 Å². The number of β-amino-alcohol motifs (C(OH)–C–C–N with tert-alkyl or cyclic N) is 1. The lowest BCUT2D eigenvalue weighted by Gasteiger charge is -2.16. The normalized spacial score (nSPS) is 14.6. The van der Waals surface area contributed by atoms with Gasteiger partial charge in [0.2, 0.25) is 0 Å². The van der Waals surface area contributed by atoms with Crippen molar-refractivity contribution in [2.75, 3.05) is 32.1 Å². The molecule has 2 N–H and O–H groups in total. The number of esters is 1. The Morgan fingerprint density at radius 2 is 2.04 bits per heavy atom. The SMILES string of the molecule is COC(=O)C1=C(Nc2cc(F)c(OC(F)(F)F)cc2C)C(=O)N(CCO)C1. The molecule has 1 aromatic carbocycles. The number of aryl methyl sites for hydroxylation is 1. The molecule has 0 saturated heterocycles. The summed E-state index contributed by atoms with van der Waals surface area (Å²) in [5.41, 5.74) is -0.146. The highest BCUT2D eigenvalue weighted by molar-refractivity contribution is 6.08. The molecule has 0 spiro atoms. The molecular weight excluding hydrogens is 376 g/mol. The van der Waals surface area contributed by atoms with Gasteiger partial charge in [-0.05, 0) is 18.6 Å². The fourth-order valence-corrected chi connectivity index (χ4v) is 2.48. The zero-order valence-electron chi connectivity index (χ0n) is 14.3. The number of methoxy groups -OCH3 is 1. The van der Waals surface area contributed by atoms with Crippen LogP contribution in [0.15, 0.2) is 23.4 Å². The molecule has 0 radical (unpaired) electrons. The molecular formula is C16H16F4N2O5. The second-order valence-electron chi connectivity index (χ2n) is 5.57. The van der Waals surface area contributed by atoms with Gasteiger partial charge in [-0.3, -0.25) is 4.79 Å². The van der Waals surface area contributed by atoms with Crippen molar-refractivity contribution in [3.8, 4) is 5.75 Å². The van der Waals surface area contributed by atoms with Crippen LogP contribution < -0.4 is 10.1 Å². The monoisotopic (exact) mass is 392 g/mol. The van der Waals surface area contributed by atoms with E-state index >= 15 is 0 Å². The highest BCUT2D eigenvalue weighted by atomic mass is 19.4. The number of halogens is 4. The summed E-state index contributed by atoms with van der Waals surface area (Å²) in [5, 5.41) is 11.6. The van der Waals surface area contributed by atoms with Gasteiger partial charge in [0.05, 0.1) is 25.8 Å². The predicted molar refractivity (Wildman–Crippen MR) is 84.2 cm³/mol. The highest BCUT2D eigenvalue weighted by Crippen LogP contribution is 2.32. The summed E-state index contributed by atoms with van der Waals surface area (Å²) in [5.74, 6) is -3.77. The molecule has 0 bridgehead atoms. The number of hydrogen-bond donors (Lipinski definition) is 2. The zero-order chi connectivity index (χ0) is 20.4. The summed E-state index contributed by atoms with van der Waals surface area (Å²) in [6.45, 7) is 0.848. The number of nitrogens with one attached hydrogen (secondary N) is 1. The summed E-state index contributed by atoms with van der Waals surface area (Å²) >= 11 is 0. The number of nitrogens with zero attached hydrogens (tertiary/aromatic N) is 1. The summed E-state index contributed by atoms with van der Waals surface area (Å²) in [4.78, 5) is 25.5. The lowest BCUT2D eigenvalue weighted by Crippen LogP contribution is -2.31. The van der Waals surface area contributed by atoms with Crippen molar-refractivity contribution in [2.45, 2.75) is 13.3 Å². The summed E-state index contributed by atoms with van der Waals surface area (Å²) < 4.78 is 59.0. The molecule has 11 heteroatoms. The molecule has 1 aliphatic rings. The number of rotatable bonds is 6. The predicted octanol–water partition coefficient (Wildman–Crippen LogP) is 1.71. The van der Waals surface area contributed by atoms with E-state index < -0.39 is 29.8 Å². The standard InChI is InChI=1S/C16H16F4N2O5/c1-8-5-12(27-16(18,19)20)10(17)6-11(8)21-13-9(15(25)26-2)7-22(3-4-23)14(13)24/h5-6,21,23H,3-4,7H2,1-2H3. The minimum Gasteiger partial charge on any atom is -0.466 e. The van der Waals surface area contributed by atoms with Crippen LogP contribution in [0.1, 0.15) is 5.56 Å². The number of ether oxygens (including phenoxy) is 2. The van der Waals surface area contributed by atoms with Crippen molar-refractivity contribution in [1.29, 1.82) is 0 Å². The fraction of sp³-hybridized carbons (Fsp3) is 0.375. The number of hydrogen-bond acceptors (Lipinski definition) is 6. The third-order valence-electron chi connectivity index (χ3n) is 3.72. The Morgan fingerprint density at radius 1 is 1.37 bits per heavy atom. The van der Waals surface area contributed by atoms with Crippen LogP contribution in [-0.2, 0) is 14.3 Å². The molecule has 1 aliphatic heterocycles. The van der Waals surface area contributed by atoms with Gasteiger partial charge in [-0.1, -0.05) is 0 Å². The van der Waals surface area contributed by atoms with Crippen LogP contribution in [0, 0.1) is 12.7 Å². The summed E-state index contributed by atoms with van der Waals surface area (Å²) in [6, 6.07) is 1.54. The van der Waals surface area contributed by atoms with E-state index in [4.69, 9.17) is 5.11 Å². The largest absolute Gasteiger partial charge is 0.573 e. The smallest absolute Gasteiger partial charge is 0.466 e. The van der Waals surface area contributed by atoms with Gasteiger partial charge in [0.15, 0.2) is 11.6 Å². The number of aliphatic hydroxyl groups is 1. The molecule has 0 aromatic heterocycles. The average molecular weight is 392 g/mol. The molecule has 0 fully saturated rings. The van der Waals surface area contributed by atoms with E-state index in [-0.39, 0.29) is 42.2 Å². The van der Waals surface area contributed by atoms with Crippen molar-refractivity contribution >= 4 is 17.6 Å². The molecule has 2 rings (SSSR count). The topological polar surface area (TPSA) is 88.1 Å². The van der Waals surface area contributed by atoms with Gasteiger partial charge in [-0.15, -0.1) is 13.2 Å². The van der Waals surface area contributed by atoms with E-state index in [1.54, 1.807) is 0 Å². The van der Waals surface area contributed by atoms with E-state index in [9.17, 15) is 27.2 Å². The first-order valence-corrected chi connectivity index (χ1v) is 7.62. The molecule has 7 nitrogen and oxygen atoms in total. The molecule has 1 aromatic rings. The third kappa shape index (κ3) is 4.67. The van der Waals surface area contributed by atoms with Gasteiger partial charge in [0, 0.05) is 18.3 Å². The van der Waals surface area contributed by atoms with Crippen LogP contribution >= 0.6 is 0 Å². The second-order valence-corrected chi connectivity index (χ2v) is 5.57. The van der Waals surface area contributed by atoms with E-state index in [1.165, 1.54) is 11.8 Å². The Balaban J connectivity index is 2.37. The average Bonchev–Trinajstić information content (AvgIpc) is 2.87. The van der Waals surface area contributed by atoms with Crippen molar-refractivity contribution in [2.24, 2.45) is 0 Å². The Kier molecular flexibility index (Phi) is 5.94. The maximum absolute atomic E-state index is 13.9. The third-order valence-corrected chi connectivity index (χ3v) is 3.72. The Hall–Kier alpha value is -2.82. The number of carbonyl (C=O) groups excluding carboxylic acids is 2. The van der Waals surface area contributed by atoms with Gasteiger partial charge in [-0.25, -0.2) is 9.18 Å². The van der Waals surface area contributed by atoms with Crippen LogP contribution in [0.4, 0.5) is 23.2 Å². The molecule has 148 valence electrons.